The Hall–Kier alpha value is -12.2. The van der Waals surface area contributed by atoms with Crippen molar-refractivity contribution >= 4 is 132 Å². The zero-order valence-electron chi connectivity index (χ0n) is 51.3. The van der Waals surface area contributed by atoms with Gasteiger partial charge in [0, 0.05) is 54.7 Å². The molecule has 3 aromatic heterocycles. The van der Waals surface area contributed by atoms with Crippen LogP contribution in [0.15, 0.2) is 340 Å². The molecule has 0 saturated carbocycles. The van der Waals surface area contributed by atoms with E-state index in [1.807, 2.05) is 0 Å². The van der Waals surface area contributed by atoms with E-state index in [0.717, 1.165) is 72.2 Å². The minimum atomic E-state index is -0.299. The highest BCUT2D eigenvalue weighted by Gasteiger charge is 2.41. The summed E-state index contributed by atoms with van der Waals surface area (Å²) in [6, 6.07) is 128. The van der Waals surface area contributed by atoms with Gasteiger partial charge in [0.25, 0.3) is 6.71 Å². The lowest BCUT2D eigenvalue weighted by molar-refractivity contribution is 1.10. The van der Waals surface area contributed by atoms with Crippen molar-refractivity contribution in [3.05, 3.63) is 340 Å². The molecule has 0 saturated heterocycles. The predicted octanol–water partition coefficient (Wildman–Crippen LogP) is 21.7. The molecule has 434 valence electrons. The number of fused-ring (bicyclic) bond motifs is 21. The fourth-order valence-electron chi connectivity index (χ4n) is 16.4. The van der Waals surface area contributed by atoms with Crippen LogP contribution in [-0.4, -0.2) is 20.4 Å². The minimum Gasteiger partial charge on any atom is -0.310 e. The third-order valence-electron chi connectivity index (χ3n) is 20.4. The van der Waals surface area contributed by atoms with Crippen molar-refractivity contribution in [1.82, 2.24) is 13.7 Å². The summed E-state index contributed by atoms with van der Waals surface area (Å²) >= 11 is 0. The molecule has 0 radical (unpaired) electrons. The third kappa shape index (κ3) is 7.81. The maximum absolute atomic E-state index is 2.72. The van der Waals surface area contributed by atoms with E-state index >= 15 is 0 Å². The van der Waals surface area contributed by atoms with E-state index in [2.05, 4.69) is 353 Å². The zero-order valence-corrected chi connectivity index (χ0v) is 51.3. The Bertz CT molecular complexity index is 6010. The molecular weight excluding hydrogens is 1130 g/mol. The van der Waals surface area contributed by atoms with E-state index in [4.69, 9.17) is 0 Å². The molecule has 0 bridgehead atoms. The fourth-order valence-corrected chi connectivity index (χ4v) is 16.4. The Labute approximate surface area is 543 Å². The lowest BCUT2D eigenvalue weighted by Crippen LogP contribution is -2.60. The molecule has 0 atom stereocenters. The Morgan fingerprint density at radius 3 is 0.830 bits per heavy atom. The highest BCUT2D eigenvalue weighted by Crippen LogP contribution is 2.45. The van der Waals surface area contributed by atoms with Crippen LogP contribution >= 0.6 is 0 Å². The van der Waals surface area contributed by atoms with E-state index in [-0.39, 0.29) is 6.71 Å². The van der Waals surface area contributed by atoms with Gasteiger partial charge in [0.2, 0.25) is 0 Å². The van der Waals surface area contributed by atoms with Gasteiger partial charge < -0.3 is 13.7 Å². The van der Waals surface area contributed by atoms with Crippen LogP contribution in [-0.2, 0) is 0 Å². The number of benzene rings is 15. The largest absolute Gasteiger partial charge is 0.310 e. The molecule has 0 unspecified atom stereocenters. The van der Waals surface area contributed by atoms with Crippen molar-refractivity contribution in [2.45, 2.75) is 0 Å². The van der Waals surface area contributed by atoms with E-state index in [9.17, 15) is 0 Å². The highest BCUT2D eigenvalue weighted by atomic mass is 15.1. The molecule has 2 aliphatic heterocycles. The Morgan fingerprint density at radius 2 is 0.468 bits per heavy atom. The van der Waals surface area contributed by atoms with Gasteiger partial charge >= 0.3 is 0 Å². The van der Waals surface area contributed by atoms with Crippen LogP contribution < -0.4 is 16.4 Å². The number of aromatic nitrogens is 3. The summed E-state index contributed by atoms with van der Waals surface area (Å²) in [4.78, 5) is 0. The molecule has 4 heteroatoms. The van der Waals surface area contributed by atoms with Crippen molar-refractivity contribution in [1.29, 1.82) is 0 Å². The maximum atomic E-state index is 2.72. The maximum Gasteiger partial charge on any atom is 0.252 e. The quantitative estimate of drug-likeness (QED) is 0.153. The van der Waals surface area contributed by atoms with Crippen LogP contribution in [0.2, 0.25) is 0 Å². The summed E-state index contributed by atoms with van der Waals surface area (Å²) in [6.07, 6.45) is 0. The first-order chi connectivity index (χ1) is 46.7. The highest BCUT2D eigenvalue weighted by molar-refractivity contribution is 7.00. The summed E-state index contributed by atoms with van der Waals surface area (Å²) < 4.78 is 7.99. The SMILES string of the molecule is c1ccc(-c2cc3c4c(c2)c2ccccc2c2ccccc2c2ccc(-c5ccccc5)cc2n4-c2cc(-n4c5ccccc5c5ccccc54)cc4c2B3c2cc(-c3ccccc3)cc3c5ccccc5c5ccccc5c5ccc(-c6ccccc6)cc5n-4c23)cc1. The molecule has 0 spiro atoms. The van der Waals surface area contributed by atoms with Gasteiger partial charge in [-0.3, -0.25) is 0 Å². The van der Waals surface area contributed by atoms with Crippen LogP contribution in [0.5, 0.6) is 0 Å². The Kier molecular flexibility index (Phi) is 11.5. The second-order valence-electron chi connectivity index (χ2n) is 25.4. The molecule has 0 amide bonds. The number of hydrogen-bond donors (Lipinski definition) is 0. The first-order valence-electron chi connectivity index (χ1n) is 32.7. The Morgan fingerprint density at radius 1 is 0.181 bits per heavy atom. The van der Waals surface area contributed by atoms with E-state index in [1.165, 1.54) is 114 Å². The van der Waals surface area contributed by atoms with Crippen molar-refractivity contribution in [2.24, 2.45) is 0 Å². The second-order valence-corrected chi connectivity index (χ2v) is 25.4. The lowest BCUT2D eigenvalue weighted by atomic mass is 9.34. The average molecular weight is 1190 g/mol. The molecule has 0 aliphatic carbocycles. The standard InChI is InChI=1S/C90H56BN3/c1-5-25-57(26-6-1)61-45-47-76-70-37-17-13-33-66(70)68-35-15-19-39-72(68)78-49-63(59-29-9-3-10-30-59)51-80-89(78)93(84(76)53-61)86-55-65(92-82-43-23-21-41-74(82)75-42-22-24-44-83(75)92)56-87-88(86)91(80)81-52-64(60-31-11-4-12-32-60)50-79-73-40-20-16-36-69(73)67-34-14-18-38-71(67)77-48-46-62(58-27-7-2-8-28-58)54-85(77)94(87)90(79)81/h1-56H. The number of para-hydroxylation sites is 2. The first-order valence-corrected chi connectivity index (χ1v) is 32.7. The molecule has 0 N–H and O–H groups in total. The monoisotopic (exact) mass is 1190 g/mol. The summed E-state index contributed by atoms with van der Waals surface area (Å²) in [5.41, 5.74) is 23.2. The van der Waals surface area contributed by atoms with Gasteiger partial charge in [0.15, 0.2) is 0 Å². The van der Waals surface area contributed by atoms with Crippen molar-refractivity contribution in [3.63, 3.8) is 0 Å². The van der Waals surface area contributed by atoms with E-state index in [0.29, 0.717) is 0 Å². The molecule has 18 aromatic rings. The summed E-state index contributed by atoms with van der Waals surface area (Å²) in [7, 11) is 0. The van der Waals surface area contributed by atoms with E-state index in [1.54, 1.807) is 0 Å². The molecule has 15 aromatic carbocycles. The molecule has 3 nitrogen and oxygen atoms in total. The van der Waals surface area contributed by atoms with Crippen LogP contribution in [0.1, 0.15) is 0 Å². The lowest BCUT2D eigenvalue weighted by Gasteiger charge is -2.37. The molecular formula is C90H56BN3. The van der Waals surface area contributed by atoms with Crippen LogP contribution in [0.25, 0.3) is 170 Å². The van der Waals surface area contributed by atoms with Gasteiger partial charge in [-0.25, -0.2) is 0 Å². The molecule has 5 heterocycles. The molecule has 0 fully saturated rings. The normalized spacial score (nSPS) is 12.2. The van der Waals surface area contributed by atoms with Gasteiger partial charge in [0.05, 0.1) is 27.8 Å². The number of nitrogens with zero attached hydrogens (tertiary/aromatic N) is 3. The molecule has 2 aliphatic rings. The summed E-state index contributed by atoms with van der Waals surface area (Å²) in [6.45, 7) is -0.299. The number of rotatable bonds is 5. The molecule has 94 heavy (non-hydrogen) atoms. The second kappa shape index (κ2) is 20.6. The van der Waals surface area contributed by atoms with E-state index < -0.39 is 0 Å². The summed E-state index contributed by atoms with van der Waals surface area (Å²) in [5, 5.41) is 16.6. The minimum absolute atomic E-state index is 0.299. The van der Waals surface area contributed by atoms with Gasteiger partial charge in [-0.05, 0) is 153 Å². The zero-order chi connectivity index (χ0) is 61.5. The third-order valence-corrected chi connectivity index (χ3v) is 20.4. The number of hydrogen-bond acceptors (Lipinski definition) is 0. The topological polar surface area (TPSA) is 14.8 Å². The summed E-state index contributed by atoms with van der Waals surface area (Å²) in [5.74, 6) is 0. The van der Waals surface area contributed by atoms with Crippen LogP contribution in [0.4, 0.5) is 0 Å². The van der Waals surface area contributed by atoms with Crippen molar-refractivity contribution < 1.29 is 0 Å². The van der Waals surface area contributed by atoms with Gasteiger partial charge in [-0.1, -0.05) is 291 Å². The first kappa shape index (κ1) is 52.5. The van der Waals surface area contributed by atoms with Crippen LogP contribution in [0, 0.1) is 0 Å². The Balaban J connectivity index is 1.12. The van der Waals surface area contributed by atoms with Gasteiger partial charge in [-0.2, -0.15) is 0 Å². The average Bonchev–Trinajstić information content (AvgIpc) is 1.01. The fraction of sp³-hybridized carbons (Fsp3) is 0. The van der Waals surface area contributed by atoms with Crippen LogP contribution in [0.3, 0.4) is 0 Å². The van der Waals surface area contributed by atoms with Crippen molar-refractivity contribution in [2.75, 3.05) is 0 Å². The van der Waals surface area contributed by atoms with Gasteiger partial charge in [0.1, 0.15) is 0 Å². The predicted molar refractivity (Wildman–Crippen MR) is 401 cm³/mol. The molecule has 20 rings (SSSR count). The smallest absolute Gasteiger partial charge is 0.252 e. The van der Waals surface area contributed by atoms with Crippen molar-refractivity contribution in [3.8, 4) is 61.6 Å². The van der Waals surface area contributed by atoms with Gasteiger partial charge in [-0.15, -0.1) is 0 Å².